The minimum Gasteiger partial charge on any atom is -0.390 e. The van der Waals surface area contributed by atoms with Crippen molar-refractivity contribution >= 4 is 0 Å². The number of aliphatic hydroxyl groups is 1. The smallest absolute Gasteiger partial charge is 0.0791 e. The highest BCUT2D eigenvalue weighted by Crippen LogP contribution is 2.18. The summed E-state index contributed by atoms with van der Waals surface area (Å²) >= 11 is 0. The molecule has 3 heteroatoms. The predicted molar refractivity (Wildman–Crippen MR) is 64.0 cm³/mol. The standard InChI is InChI=1S/C12H26N2O/c1-4-7-14(10(2)3)9-12(15)8-13-11-5-6-11/h10-13,15H,4-9H2,1-3H3. The summed E-state index contributed by atoms with van der Waals surface area (Å²) in [5, 5.41) is 13.2. The van der Waals surface area contributed by atoms with E-state index >= 15 is 0 Å². The summed E-state index contributed by atoms with van der Waals surface area (Å²) < 4.78 is 0. The lowest BCUT2D eigenvalue weighted by Crippen LogP contribution is -2.42. The predicted octanol–water partition coefficient (Wildman–Crippen LogP) is 1.22. The highest BCUT2D eigenvalue weighted by atomic mass is 16.3. The maximum atomic E-state index is 9.87. The van der Waals surface area contributed by atoms with Crippen molar-refractivity contribution in [3.05, 3.63) is 0 Å². The summed E-state index contributed by atoms with van der Waals surface area (Å²) in [5.41, 5.74) is 0. The van der Waals surface area contributed by atoms with Crippen molar-refractivity contribution in [1.82, 2.24) is 10.2 Å². The van der Waals surface area contributed by atoms with Crippen molar-refractivity contribution in [3.63, 3.8) is 0 Å². The number of nitrogens with zero attached hydrogens (tertiary/aromatic N) is 1. The van der Waals surface area contributed by atoms with E-state index in [1.807, 2.05) is 0 Å². The lowest BCUT2D eigenvalue weighted by molar-refractivity contribution is 0.0943. The van der Waals surface area contributed by atoms with E-state index in [1.165, 1.54) is 12.8 Å². The Morgan fingerprint density at radius 3 is 2.53 bits per heavy atom. The van der Waals surface area contributed by atoms with Crippen molar-refractivity contribution in [1.29, 1.82) is 0 Å². The summed E-state index contributed by atoms with van der Waals surface area (Å²) in [7, 11) is 0. The summed E-state index contributed by atoms with van der Waals surface area (Å²) in [5.74, 6) is 0. The first kappa shape index (κ1) is 12.9. The molecule has 90 valence electrons. The minimum absolute atomic E-state index is 0.223. The molecule has 0 heterocycles. The molecule has 3 nitrogen and oxygen atoms in total. The summed E-state index contributed by atoms with van der Waals surface area (Å²) in [4.78, 5) is 2.35. The summed E-state index contributed by atoms with van der Waals surface area (Å²) in [6.45, 7) is 9.19. The maximum Gasteiger partial charge on any atom is 0.0791 e. The highest BCUT2D eigenvalue weighted by Gasteiger charge is 2.22. The quantitative estimate of drug-likeness (QED) is 0.638. The van der Waals surface area contributed by atoms with Gasteiger partial charge in [0.1, 0.15) is 0 Å². The van der Waals surface area contributed by atoms with E-state index in [9.17, 15) is 5.11 Å². The zero-order valence-electron chi connectivity index (χ0n) is 10.4. The Kier molecular flexibility index (Phi) is 5.58. The monoisotopic (exact) mass is 214 g/mol. The Morgan fingerprint density at radius 2 is 2.07 bits per heavy atom. The van der Waals surface area contributed by atoms with Crippen LogP contribution in [0, 0.1) is 0 Å². The molecule has 0 aromatic heterocycles. The molecule has 1 saturated carbocycles. The van der Waals surface area contributed by atoms with Gasteiger partial charge in [-0.3, -0.25) is 4.90 Å². The Balaban J connectivity index is 2.15. The fourth-order valence-electron chi connectivity index (χ4n) is 1.77. The van der Waals surface area contributed by atoms with Crippen molar-refractivity contribution in [2.75, 3.05) is 19.6 Å². The molecule has 0 aromatic rings. The number of hydrogen-bond donors (Lipinski definition) is 2. The first-order valence-electron chi connectivity index (χ1n) is 6.29. The first-order valence-corrected chi connectivity index (χ1v) is 6.29. The number of aliphatic hydroxyl groups excluding tert-OH is 1. The SMILES string of the molecule is CCCN(CC(O)CNC1CC1)C(C)C. The van der Waals surface area contributed by atoms with Gasteiger partial charge in [0.15, 0.2) is 0 Å². The molecule has 0 saturated heterocycles. The van der Waals surface area contributed by atoms with Gasteiger partial charge in [-0.05, 0) is 39.7 Å². The molecule has 0 amide bonds. The van der Waals surface area contributed by atoms with E-state index in [2.05, 4.69) is 31.0 Å². The molecule has 1 unspecified atom stereocenters. The fourth-order valence-corrected chi connectivity index (χ4v) is 1.77. The van der Waals surface area contributed by atoms with Gasteiger partial charge in [-0.2, -0.15) is 0 Å². The fraction of sp³-hybridized carbons (Fsp3) is 1.00. The van der Waals surface area contributed by atoms with E-state index in [0.717, 1.165) is 26.1 Å². The van der Waals surface area contributed by atoms with E-state index in [1.54, 1.807) is 0 Å². The van der Waals surface area contributed by atoms with Crippen LogP contribution in [0.4, 0.5) is 0 Å². The third kappa shape index (κ3) is 5.50. The van der Waals surface area contributed by atoms with Crippen LogP contribution in [0.25, 0.3) is 0 Å². The molecule has 15 heavy (non-hydrogen) atoms. The lowest BCUT2D eigenvalue weighted by atomic mass is 10.2. The van der Waals surface area contributed by atoms with Gasteiger partial charge in [0.2, 0.25) is 0 Å². The number of rotatable bonds is 8. The van der Waals surface area contributed by atoms with E-state index in [4.69, 9.17) is 0 Å². The zero-order chi connectivity index (χ0) is 11.3. The van der Waals surface area contributed by atoms with Gasteiger partial charge in [-0.1, -0.05) is 6.92 Å². The van der Waals surface area contributed by atoms with Crippen molar-refractivity contribution in [2.45, 2.75) is 58.2 Å². The molecule has 0 spiro atoms. The van der Waals surface area contributed by atoms with Crippen LogP contribution in [0.2, 0.25) is 0 Å². The van der Waals surface area contributed by atoms with Crippen molar-refractivity contribution in [3.8, 4) is 0 Å². The molecule has 0 radical (unpaired) electrons. The molecule has 0 aliphatic heterocycles. The molecular weight excluding hydrogens is 188 g/mol. The average molecular weight is 214 g/mol. The second-order valence-electron chi connectivity index (χ2n) is 4.93. The van der Waals surface area contributed by atoms with Gasteiger partial charge in [0.05, 0.1) is 6.10 Å². The molecular formula is C12H26N2O. The first-order chi connectivity index (χ1) is 7.13. The number of hydrogen-bond acceptors (Lipinski definition) is 3. The van der Waals surface area contributed by atoms with Crippen molar-refractivity contribution in [2.24, 2.45) is 0 Å². The van der Waals surface area contributed by atoms with Crippen LogP contribution < -0.4 is 5.32 Å². The molecule has 1 rings (SSSR count). The average Bonchev–Trinajstić information content (AvgIpc) is 2.97. The van der Waals surface area contributed by atoms with Crippen LogP contribution in [0.1, 0.15) is 40.0 Å². The minimum atomic E-state index is -0.223. The molecule has 0 aromatic carbocycles. The van der Waals surface area contributed by atoms with Crippen LogP contribution >= 0.6 is 0 Å². The normalized spacial score (nSPS) is 18.8. The van der Waals surface area contributed by atoms with E-state index < -0.39 is 0 Å². The topological polar surface area (TPSA) is 35.5 Å². The molecule has 1 aliphatic rings. The Hall–Kier alpha value is -0.120. The van der Waals surface area contributed by atoms with Gasteiger partial charge in [-0.15, -0.1) is 0 Å². The maximum absolute atomic E-state index is 9.87. The molecule has 0 bridgehead atoms. The van der Waals surface area contributed by atoms with Gasteiger partial charge in [0, 0.05) is 25.2 Å². The van der Waals surface area contributed by atoms with Crippen molar-refractivity contribution < 1.29 is 5.11 Å². The van der Waals surface area contributed by atoms with Crippen LogP contribution in [0.3, 0.4) is 0 Å². The Labute approximate surface area is 93.9 Å². The highest BCUT2D eigenvalue weighted by molar-refractivity contribution is 4.82. The molecule has 2 N–H and O–H groups in total. The largest absolute Gasteiger partial charge is 0.390 e. The Morgan fingerprint density at radius 1 is 1.40 bits per heavy atom. The van der Waals surface area contributed by atoms with Gasteiger partial charge < -0.3 is 10.4 Å². The summed E-state index contributed by atoms with van der Waals surface area (Å²) in [6, 6.07) is 1.22. The third-order valence-corrected chi connectivity index (χ3v) is 2.91. The second kappa shape index (κ2) is 6.46. The Bertz CT molecular complexity index is 169. The van der Waals surface area contributed by atoms with Crippen LogP contribution in [0.5, 0.6) is 0 Å². The van der Waals surface area contributed by atoms with Crippen LogP contribution in [0.15, 0.2) is 0 Å². The van der Waals surface area contributed by atoms with Gasteiger partial charge in [0.25, 0.3) is 0 Å². The van der Waals surface area contributed by atoms with Gasteiger partial charge >= 0.3 is 0 Å². The van der Waals surface area contributed by atoms with Crippen LogP contribution in [-0.4, -0.2) is 47.8 Å². The van der Waals surface area contributed by atoms with E-state index in [-0.39, 0.29) is 6.10 Å². The second-order valence-corrected chi connectivity index (χ2v) is 4.93. The molecule has 1 fully saturated rings. The van der Waals surface area contributed by atoms with E-state index in [0.29, 0.717) is 12.1 Å². The number of nitrogens with one attached hydrogen (secondary N) is 1. The third-order valence-electron chi connectivity index (χ3n) is 2.91. The van der Waals surface area contributed by atoms with Gasteiger partial charge in [-0.25, -0.2) is 0 Å². The zero-order valence-corrected chi connectivity index (χ0v) is 10.4. The summed E-state index contributed by atoms with van der Waals surface area (Å²) in [6.07, 6.45) is 3.51. The molecule has 1 aliphatic carbocycles. The lowest BCUT2D eigenvalue weighted by Gasteiger charge is -2.28. The van der Waals surface area contributed by atoms with Crippen LogP contribution in [-0.2, 0) is 0 Å². The molecule has 1 atom stereocenters.